The topological polar surface area (TPSA) is 75.9 Å². The van der Waals surface area contributed by atoms with E-state index >= 15 is 0 Å². The highest BCUT2D eigenvalue weighted by molar-refractivity contribution is 5.88. The Morgan fingerprint density at radius 2 is 1.80 bits per heavy atom. The van der Waals surface area contributed by atoms with Crippen molar-refractivity contribution in [3.8, 4) is 11.1 Å². The Labute approximate surface area is 173 Å². The van der Waals surface area contributed by atoms with Gasteiger partial charge in [-0.05, 0) is 35.2 Å². The minimum absolute atomic E-state index is 0.0525. The molecule has 2 aliphatic rings. The highest BCUT2D eigenvalue weighted by atomic mass is 16.5. The minimum Gasteiger partial charge on any atom is -0.462 e. The van der Waals surface area contributed by atoms with Crippen LogP contribution in [0.3, 0.4) is 0 Å². The van der Waals surface area contributed by atoms with Gasteiger partial charge in [-0.2, -0.15) is 0 Å². The second-order valence-corrected chi connectivity index (χ2v) is 7.42. The van der Waals surface area contributed by atoms with E-state index in [2.05, 4.69) is 46.7 Å². The molecule has 1 aliphatic heterocycles. The first-order valence-corrected chi connectivity index (χ1v) is 9.88. The van der Waals surface area contributed by atoms with Gasteiger partial charge in [-0.3, -0.25) is 4.79 Å². The number of carbonyl (C=O) groups excluding carboxylic acids is 1. The first-order chi connectivity index (χ1) is 14.6. The number of furan rings is 1. The maximum Gasteiger partial charge on any atom is 0.226 e. The molecular formula is C24H21N3O3. The van der Waals surface area contributed by atoms with E-state index in [-0.39, 0.29) is 18.4 Å². The monoisotopic (exact) mass is 399 g/mol. The van der Waals surface area contributed by atoms with Crippen molar-refractivity contribution in [2.75, 3.05) is 0 Å². The molecule has 0 radical (unpaired) electrons. The van der Waals surface area contributed by atoms with Gasteiger partial charge in [0, 0.05) is 12.8 Å². The number of hydrazone groups is 1. The Balaban J connectivity index is 1.26. The number of fused-ring (bicyclic) bond motifs is 3. The fourth-order valence-corrected chi connectivity index (χ4v) is 4.02. The van der Waals surface area contributed by atoms with Crippen LogP contribution in [-0.4, -0.2) is 11.8 Å². The molecule has 1 aliphatic carbocycles. The van der Waals surface area contributed by atoms with Crippen molar-refractivity contribution >= 4 is 24.3 Å². The first-order valence-electron chi connectivity index (χ1n) is 9.88. The highest BCUT2D eigenvalue weighted by Crippen LogP contribution is 2.42. The molecule has 2 heterocycles. The van der Waals surface area contributed by atoms with Gasteiger partial charge < -0.3 is 14.5 Å². The highest BCUT2D eigenvalue weighted by Gasteiger charge is 2.29. The third-order valence-electron chi connectivity index (χ3n) is 5.38. The molecule has 0 unspecified atom stereocenters. The van der Waals surface area contributed by atoms with E-state index in [9.17, 15) is 4.79 Å². The second kappa shape index (κ2) is 7.22. The molecule has 0 saturated heterocycles. The number of amides is 1. The van der Waals surface area contributed by atoms with Crippen molar-refractivity contribution in [2.24, 2.45) is 5.10 Å². The molecule has 2 N–H and O–H groups in total. The Bertz CT molecular complexity index is 1240. The van der Waals surface area contributed by atoms with Crippen LogP contribution in [0.5, 0.6) is 0 Å². The van der Waals surface area contributed by atoms with Gasteiger partial charge >= 0.3 is 0 Å². The number of rotatable bonds is 4. The van der Waals surface area contributed by atoms with Crippen molar-refractivity contribution < 1.29 is 13.9 Å². The number of benzene rings is 2. The number of hydrogen-bond donors (Lipinski definition) is 2. The number of nitrogens with zero attached hydrogens (tertiary/aromatic N) is 1. The molecule has 3 aromatic rings. The van der Waals surface area contributed by atoms with E-state index in [0.29, 0.717) is 23.6 Å². The Morgan fingerprint density at radius 1 is 1.13 bits per heavy atom. The lowest BCUT2D eigenvalue weighted by Gasteiger charge is -2.15. The number of ether oxygens (including phenoxy) is 1. The van der Waals surface area contributed by atoms with Gasteiger partial charge in [0.25, 0.3) is 0 Å². The predicted molar refractivity (Wildman–Crippen MR) is 114 cm³/mol. The lowest BCUT2D eigenvalue weighted by molar-refractivity contribution is -0.121. The lowest BCUT2D eigenvalue weighted by atomic mass is 10.1. The molecule has 0 atom stereocenters. The van der Waals surface area contributed by atoms with Crippen LogP contribution in [0.15, 0.2) is 64.1 Å². The summed E-state index contributed by atoms with van der Waals surface area (Å²) in [6.07, 6.45) is 0.665. The average molecular weight is 399 g/mol. The molecule has 0 bridgehead atoms. The molecule has 0 saturated carbocycles. The largest absolute Gasteiger partial charge is 0.462 e. The second-order valence-electron chi connectivity index (χ2n) is 7.42. The molecular weight excluding hydrogens is 378 g/mol. The van der Waals surface area contributed by atoms with Crippen LogP contribution in [0.4, 0.5) is 0 Å². The SMILES string of the molecule is C=c1oc(C)cc1=C1NN=C(CCC(=O)NC2c3ccccc3-c3ccccc32)O1. The third kappa shape index (κ3) is 3.16. The van der Waals surface area contributed by atoms with Crippen LogP contribution in [0, 0.1) is 6.92 Å². The zero-order valence-electron chi connectivity index (χ0n) is 16.6. The van der Waals surface area contributed by atoms with Crippen LogP contribution in [0.25, 0.3) is 23.6 Å². The summed E-state index contributed by atoms with van der Waals surface area (Å²) in [6.45, 7) is 5.70. The van der Waals surface area contributed by atoms with Gasteiger partial charge in [-0.1, -0.05) is 55.1 Å². The average Bonchev–Trinajstić information content (AvgIpc) is 3.43. The smallest absolute Gasteiger partial charge is 0.226 e. The van der Waals surface area contributed by atoms with Gasteiger partial charge in [-0.15, -0.1) is 5.10 Å². The van der Waals surface area contributed by atoms with Crippen molar-refractivity contribution in [1.82, 2.24) is 10.7 Å². The van der Waals surface area contributed by atoms with E-state index in [1.165, 1.54) is 11.1 Å². The fraction of sp³-hybridized carbons (Fsp3) is 0.167. The summed E-state index contributed by atoms with van der Waals surface area (Å²) < 4.78 is 11.2. The minimum atomic E-state index is -0.140. The molecule has 6 heteroatoms. The molecule has 0 spiro atoms. The third-order valence-corrected chi connectivity index (χ3v) is 5.38. The van der Waals surface area contributed by atoms with Crippen LogP contribution in [0.2, 0.25) is 0 Å². The molecule has 1 amide bonds. The first kappa shape index (κ1) is 18.2. The lowest BCUT2D eigenvalue weighted by Crippen LogP contribution is -2.28. The standard InChI is InChI=1S/C24H21N3O3/c1-14-13-20(15(2)29-14)24-27-26-22(30-24)12-11-21(28)25-23-18-9-5-3-7-16(18)17-8-4-6-10-19(17)23/h3-10,13,23,27H,2,11-12H2,1H3,(H,25,28). The van der Waals surface area contributed by atoms with E-state index in [1.807, 2.05) is 37.3 Å². The number of carbonyl (C=O) groups is 1. The summed E-state index contributed by atoms with van der Waals surface area (Å²) >= 11 is 0. The van der Waals surface area contributed by atoms with Crippen molar-refractivity contribution in [1.29, 1.82) is 0 Å². The van der Waals surface area contributed by atoms with E-state index < -0.39 is 0 Å². The van der Waals surface area contributed by atoms with Gasteiger partial charge in [-0.25, -0.2) is 5.43 Å². The maximum absolute atomic E-state index is 12.7. The number of aryl methyl sites for hydroxylation is 1. The Morgan fingerprint density at radius 3 is 2.43 bits per heavy atom. The van der Waals surface area contributed by atoms with Crippen LogP contribution in [-0.2, 0) is 9.53 Å². The number of nitrogens with one attached hydrogen (secondary N) is 2. The zero-order valence-corrected chi connectivity index (χ0v) is 16.6. The zero-order chi connectivity index (χ0) is 20.7. The van der Waals surface area contributed by atoms with Gasteiger partial charge in [0.2, 0.25) is 17.7 Å². The summed E-state index contributed by atoms with van der Waals surface area (Å²) in [5, 5.41) is 8.08. The van der Waals surface area contributed by atoms with Crippen molar-refractivity contribution in [2.45, 2.75) is 25.8 Å². The summed E-state index contributed by atoms with van der Waals surface area (Å²) in [5.74, 6) is 1.64. The number of hydrogen-bond acceptors (Lipinski definition) is 5. The Hall–Kier alpha value is -3.80. The molecule has 1 aromatic heterocycles. The predicted octanol–water partition coefficient (Wildman–Crippen LogP) is 2.66. The summed E-state index contributed by atoms with van der Waals surface area (Å²) in [6, 6.07) is 18.1. The molecule has 150 valence electrons. The quantitative estimate of drug-likeness (QED) is 0.707. The molecule has 2 aromatic carbocycles. The van der Waals surface area contributed by atoms with E-state index in [4.69, 9.17) is 9.15 Å². The van der Waals surface area contributed by atoms with Gasteiger partial charge in [0.05, 0.1) is 11.3 Å². The molecule has 5 rings (SSSR count). The van der Waals surface area contributed by atoms with Crippen LogP contribution in [0.1, 0.15) is 35.8 Å². The molecule has 0 fully saturated rings. The van der Waals surface area contributed by atoms with Gasteiger partial charge in [0.15, 0.2) is 0 Å². The van der Waals surface area contributed by atoms with E-state index in [1.54, 1.807) is 0 Å². The Kier molecular flexibility index (Phi) is 4.39. The van der Waals surface area contributed by atoms with Crippen LogP contribution < -0.4 is 21.4 Å². The molecule has 6 nitrogen and oxygen atoms in total. The normalized spacial score (nSPS) is 16.4. The van der Waals surface area contributed by atoms with Gasteiger partial charge in [0.1, 0.15) is 11.2 Å². The summed E-state index contributed by atoms with van der Waals surface area (Å²) in [4.78, 5) is 12.7. The summed E-state index contributed by atoms with van der Waals surface area (Å²) in [5.41, 5.74) is 7.95. The van der Waals surface area contributed by atoms with Crippen LogP contribution >= 0.6 is 0 Å². The molecule has 30 heavy (non-hydrogen) atoms. The van der Waals surface area contributed by atoms with Crippen molar-refractivity contribution in [3.05, 3.63) is 82.1 Å². The van der Waals surface area contributed by atoms with E-state index in [0.717, 1.165) is 22.1 Å². The summed E-state index contributed by atoms with van der Waals surface area (Å²) in [7, 11) is 0. The maximum atomic E-state index is 12.7. The van der Waals surface area contributed by atoms with Crippen molar-refractivity contribution in [3.63, 3.8) is 0 Å². The fourth-order valence-electron chi connectivity index (χ4n) is 4.02.